The van der Waals surface area contributed by atoms with E-state index >= 15 is 0 Å². The topological polar surface area (TPSA) is 84.3 Å². The standard InChI is InChI=1S/C13H19N3O3/c1-4-13(2,3)15-12(17)9-14-10-6-5-7-11(8-10)16(18)19/h5-8,14H,4,9H2,1-3H3,(H,15,17). The van der Waals surface area contributed by atoms with Crippen LogP contribution >= 0.6 is 0 Å². The smallest absolute Gasteiger partial charge is 0.271 e. The predicted octanol–water partition coefficient (Wildman–Crippen LogP) is 2.31. The van der Waals surface area contributed by atoms with Crippen molar-refractivity contribution in [1.82, 2.24) is 5.32 Å². The highest BCUT2D eigenvalue weighted by atomic mass is 16.6. The molecule has 1 aromatic carbocycles. The van der Waals surface area contributed by atoms with Gasteiger partial charge >= 0.3 is 0 Å². The molecule has 6 nitrogen and oxygen atoms in total. The first-order valence-corrected chi connectivity index (χ1v) is 6.13. The normalized spacial score (nSPS) is 10.9. The monoisotopic (exact) mass is 265 g/mol. The van der Waals surface area contributed by atoms with Gasteiger partial charge in [0.1, 0.15) is 0 Å². The van der Waals surface area contributed by atoms with Crippen LogP contribution in [0.5, 0.6) is 0 Å². The van der Waals surface area contributed by atoms with Crippen LogP contribution in [0.2, 0.25) is 0 Å². The second-order valence-corrected chi connectivity index (χ2v) is 4.95. The quantitative estimate of drug-likeness (QED) is 0.610. The number of amides is 1. The van der Waals surface area contributed by atoms with Crippen molar-refractivity contribution < 1.29 is 9.72 Å². The van der Waals surface area contributed by atoms with Crippen LogP contribution in [0.3, 0.4) is 0 Å². The van der Waals surface area contributed by atoms with Gasteiger partial charge in [0.15, 0.2) is 0 Å². The van der Waals surface area contributed by atoms with E-state index < -0.39 is 4.92 Å². The van der Waals surface area contributed by atoms with Gasteiger partial charge in [0.05, 0.1) is 11.5 Å². The number of nitro groups is 1. The molecule has 6 heteroatoms. The number of nitrogens with zero attached hydrogens (tertiary/aromatic N) is 1. The lowest BCUT2D eigenvalue weighted by atomic mass is 10.0. The van der Waals surface area contributed by atoms with E-state index in [-0.39, 0.29) is 23.7 Å². The summed E-state index contributed by atoms with van der Waals surface area (Å²) in [4.78, 5) is 21.9. The van der Waals surface area contributed by atoms with Crippen LogP contribution in [-0.4, -0.2) is 22.9 Å². The minimum atomic E-state index is -0.467. The highest BCUT2D eigenvalue weighted by Gasteiger charge is 2.17. The highest BCUT2D eigenvalue weighted by Crippen LogP contribution is 2.16. The van der Waals surface area contributed by atoms with Crippen LogP contribution in [0.4, 0.5) is 11.4 Å². The maximum absolute atomic E-state index is 11.7. The average Bonchev–Trinajstić information content (AvgIpc) is 2.36. The van der Waals surface area contributed by atoms with Gasteiger partial charge in [-0.25, -0.2) is 0 Å². The van der Waals surface area contributed by atoms with Gasteiger partial charge in [0.25, 0.3) is 5.69 Å². The van der Waals surface area contributed by atoms with Gasteiger partial charge in [0.2, 0.25) is 5.91 Å². The Hall–Kier alpha value is -2.11. The van der Waals surface area contributed by atoms with E-state index in [0.717, 1.165) is 6.42 Å². The van der Waals surface area contributed by atoms with E-state index in [1.165, 1.54) is 12.1 Å². The molecule has 0 bridgehead atoms. The third-order valence-electron chi connectivity index (χ3n) is 2.87. The molecule has 0 spiro atoms. The first-order chi connectivity index (χ1) is 8.84. The molecular formula is C13H19N3O3. The summed E-state index contributed by atoms with van der Waals surface area (Å²) in [7, 11) is 0. The molecule has 0 aliphatic rings. The van der Waals surface area contributed by atoms with Gasteiger partial charge in [0, 0.05) is 23.4 Å². The summed E-state index contributed by atoms with van der Waals surface area (Å²) in [6.07, 6.45) is 0.829. The number of non-ortho nitro benzene ring substituents is 1. The first-order valence-electron chi connectivity index (χ1n) is 6.13. The van der Waals surface area contributed by atoms with Crippen molar-refractivity contribution in [2.24, 2.45) is 0 Å². The SMILES string of the molecule is CCC(C)(C)NC(=O)CNc1cccc([N+](=O)[O-])c1. The van der Waals surface area contributed by atoms with Gasteiger partial charge in [-0.3, -0.25) is 14.9 Å². The highest BCUT2D eigenvalue weighted by molar-refractivity contribution is 5.81. The van der Waals surface area contributed by atoms with Gasteiger partial charge in [-0.2, -0.15) is 0 Å². The minimum absolute atomic E-state index is 0.000652. The molecule has 0 unspecified atom stereocenters. The summed E-state index contributed by atoms with van der Waals surface area (Å²) in [5, 5.41) is 16.4. The van der Waals surface area contributed by atoms with Crippen LogP contribution < -0.4 is 10.6 Å². The van der Waals surface area contributed by atoms with Crippen LogP contribution in [0, 0.1) is 10.1 Å². The number of nitrogens with one attached hydrogen (secondary N) is 2. The van der Waals surface area contributed by atoms with E-state index in [9.17, 15) is 14.9 Å². The molecule has 0 saturated heterocycles. The van der Waals surface area contributed by atoms with Crippen molar-refractivity contribution in [2.45, 2.75) is 32.7 Å². The van der Waals surface area contributed by atoms with E-state index in [1.807, 2.05) is 20.8 Å². The number of hydrogen-bond donors (Lipinski definition) is 2. The van der Waals surface area contributed by atoms with Gasteiger partial charge in [-0.15, -0.1) is 0 Å². The Morgan fingerprint density at radius 2 is 2.11 bits per heavy atom. The van der Waals surface area contributed by atoms with Crippen molar-refractivity contribution in [3.05, 3.63) is 34.4 Å². The second-order valence-electron chi connectivity index (χ2n) is 4.95. The van der Waals surface area contributed by atoms with Crippen LogP contribution in [-0.2, 0) is 4.79 Å². The Balaban J connectivity index is 2.55. The molecule has 0 heterocycles. The Morgan fingerprint density at radius 1 is 1.42 bits per heavy atom. The summed E-state index contributed by atoms with van der Waals surface area (Å²) >= 11 is 0. The molecule has 0 fully saturated rings. The maximum Gasteiger partial charge on any atom is 0.271 e. The van der Waals surface area contributed by atoms with Crippen molar-refractivity contribution in [3.63, 3.8) is 0 Å². The zero-order valence-electron chi connectivity index (χ0n) is 11.4. The molecule has 1 rings (SSSR count). The first kappa shape index (κ1) is 14.9. The zero-order valence-corrected chi connectivity index (χ0v) is 11.4. The van der Waals surface area contributed by atoms with Crippen LogP contribution in [0.25, 0.3) is 0 Å². The molecule has 0 aliphatic carbocycles. The van der Waals surface area contributed by atoms with E-state index in [1.54, 1.807) is 12.1 Å². The summed E-state index contributed by atoms with van der Waals surface area (Å²) in [6, 6.07) is 6.07. The zero-order chi connectivity index (χ0) is 14.5. The Morgan fingerprint density at radius 3 is 2.68 bits per heavy atom. The second kappa shape index (κ2) is 6.17. The summed E-state index contributed by atoms with van der Waals surface area (Å²) in [5.74, 6) is -0.140. The third-order valence-corrected chi connectivity index (χ3v) is 2.87. The minimum Gasteiger partial charge on any atom is -0.376 e. The summed E-state index contributed by atoms with van der Waals surface area (Å²) in [5.41, 5.74) is 0.305. The molecule has 0 atom stereocenters. The molecule has 1 aromatic rings. The molecule has 0 saturated carbocycles. The largest absolute Gasteiger partial charge is 0.376 e. The summed E-state index contributed by atoms with van der Waals surface area (Å²) in [6.45, 7) is 5.97. The number of rotatable bonds is 6. The predicted molar refractivity (Wildman–Crippen MR) is 74.1 cm³/mol. The van der Waals surface area contributed by atoms with Crippen LogP contribution in [0.15, 0.2) is 24.3 Å². The molecule has 19 heavy (non-hydrogen) atoms. The van der Waals surface area contributed by atoms with Crippen LogP contribution in [0.1, 0.15) is 27.2 Å². The molecule has 0 aromatic heterocycles. The van der Waals surface area contributed by atoms with Crippen molar-refractivity contribution >= 4 is 17.3 Å². The summed E-state index contributed by atoms with van der Waals surface area (Å²) < 4.78 is 0. The number of hydrogen-bond acceptors (Lipinski definition) is 4. The molecule has 104 valence electrons. The molecule has 2 N–H and O–H groups in total. The fourth-order valence-electron chi connectivity index (χ4n) is 1.42. The number of nitro benzene ring substituents is 1. The number of carbonyl (C=O) groups excluding carboxylic acids is 1. The Bertz CT molecular complexity index is 472. The fraction of sp³-hybridized carbons (Fsp3) is 0.462. The maximum atomic E-state index is 11.7. The van der Waals surface area contributed by atoms with E-state index in [4.69, 9.17) is 0 Å². The molecule has 0 aliphatic heterocycles. The molecule has 1 amide bonds. The Kier molecular flexibility index (Phi) is 4.86. The molecule has 0 radical (unpaired) electrons. The molecular weight excluding hydrogens is 246 g/mol. The number of anilines is 1. The average molecular weight is 265 g/mol. The lowest BCUT2D eigenvalue weighted by Gasteiger charge is -2.24. The van der Waals surface area contributed by atoms with Gasteiger partial charge in [-0.05, 0) is 26.3 Å². The van der Waals surface area contributed by atoms with Gasteiger partial charge < -0.3 is 10.6 Å². The number of benzene rings is 1. The fourth-order valence-corrected chi connectivity index (χ4v) is 1.42. The van der Waals surface area contributed by atoms with Gasteiger partial charge in [-0.1, -0.05) is 13.0 Å². The van der Waals surface area contributed by atoms with E-state index in [2.05, 4.69) is 10.6 Å². The Labute approximate surface area is 112 Å². The van der Waals surface area contributed by atoms with Crippen molar-refractivity contribution in [1.29, 1.82) is 0 Å². The lowest BCUT2D eigenvalue weighted by Crippen LogP contribution is -2.45. The third kappa shape index (κ3) is 4.95. The lowest BCUT2D eigenvalue weighted by molar-refractivity contribution is -0.384. The van der Waals surface area contributed by atoms with Crippen molar-refractivity contribution in [2.75, 3.05) is 11.9 Å². The van der Waals surface area contributed by atoms with Crippen molar-refractivity contribution in [3.8, 4) is 0 Å². The van der Waals surface area contributed by atoms with E-state index in [0.29, 0.717) is 5.69 Å². The number of carbonyl (C=O) groups is 1.